The first-order valence-corrected chi connectivity index (χ1v) is 13.6. The van der Waals surface area contributed by atoms with E-state index < -0.39 is 19.8 Å². The van der Waals surface area contributed by atoms with Crippen molar-refractivity contribution in [2.24, 2.45) is 5.92 Å². The summed E-state index contributed by atoms with van der Waals surface area (Å²) in [6, 6.07) is 0.262. The number of hydrogen-bond donors (Lipinski definition) is 2. The van der Waals surface area contributed by atoms with Crippen LogP contribution in [-0.4, -0.2) is 49.5 Å². The molecule has 0 amide bonds. The lowest BCUT2D eigenvalue weighted by Crippen LogP contribution is -2.42. The van der Waals surface area contributed by atoms with Crippen molar-refractivity contribution in [1.82, 2.24) is 9.97 Å². The summed E-state index contributed by atoms with van der Waals surface area (Å²) >= 11 is 6.48. The van der Waals surface area contributed by atoms with E-state index in [0.29, 0.717) is 23.6 Å². The van der Waals surface area contributed by atoms with E-state index in [1.54, 1.807) is 7.05 Å². The minimum absolute atomic E-state index is 0.262. The molecule has 1 aliphatic rings. The third-order valence-corrected chi connectivity index (χ3v) is 6.95. The summed E-state index contributed by atoms with van der Waals surface area (Å²) < 4.78 is 10.5. The number of carbonyl (C=O) groups is 1. The first kappa shape index (κ1) is 22.7. The maximum atomic E-state index is 11.8. The van der Waals surface area contributed by atoms with Crippen LogP contribution >= 0.6 is 11.6 Å². The lowest BCUT2D eigenvalue weighted by molar-refractivity contribution is -0.0128. The quantitative estimate of drug-likeness (QED) is 0.398. The predicted molar refractivity (Wildman–Crippen MR) is 117 cm³/mol. The van der Waals surface area contributed by atoms with E-state index in [2.05, 4.69) is 40.2 Å². The van der Waals surface area contributed by atoms with Crippen LogP contribution in [0, 0.1) is 5.92 Å². The molecule has 0 radical (unpaired) electrons. The molecule has 2 rings (SSSR count). The molecule has 1 heterocycles. The van der Waals surface area contributed by atoms with Crippen molar-refractivity contribution in [1.29, 1.82) is 0 Å². The van der Waals surface area contributed by atoms with Crippen LogP contribution < -0.4 is 15.8 Å². The van der Waals surface area contributed by atoms with Gasteiger partial charge < -0.3 is 20.1 Å². The van der Waals surface area contributed by atoms with E-state index in [-0.39, 0.29) is 6.04 Å². The van der Waals surface area contributed by atoms with Crippen molar-refractivity contribution in [3.63, 3.8) is 0 Å². The summed E-state index contributed by atoms with van der Waals surface area (Å²) in [6.07, 6.45) is 2.28. The molecule has 2 N–H and O–H groups in total. The normalized spacial score (nSPS) is 20.0. The molecule has 9 heteroatoms. The first-order chi connectivity index (χ1) is 12.9. The SMILES string of the molecule is CNc1nc(Cl)c([Si](C)(C)C)c(N[C@H]2CC[C@@H](COC(=O)OC(C)(C)C)C2)n1. The standard InChI is InChI=1S/C19H33ClN4O3Si/c1-19(2,3)27-18(25)26-11-12-8-9-13(10-12)22-16-14(28(5,6)7)15(20)23-17(21-4)24-16/h12-13H,8-11H2,1-7H3,(H2,21,22,23,24)/t12-,13+/m1/s1. The van der Waals surface area contributed by atoms with E-state index in [4.69, 9.17) is 21.1 Å². The number of ether oxygens (including phenoxy) is 2. The Balaban J connectivity index is 2.00. The largest absolute Gasteiger partial charge is 0.508 e. The fraction of sp³-hybridized carbons (Fsp3) is 0.737. The van der Waals surface area contributed by atoms with Gasteiger partial charge in [0.05, 0.1) is 14.7 Å². The van der Waals surface area contributed by atoms with Gasteiger partial charge in [0, 0.05) is 18.3 Å². The van der Waals surface area contributed by atoms with Crippen LogP contribution in [-0.2, 0) is 9.47 Å². The van der Waals surface area contributed by atoms with Crippen molar-refractivity contribution in [2.45, 2.75) is 71.3 Å². The molecule has 0 aromatic carbocycles. The summed E-state index contributed by atoms with van der Waals surface area (Å²) in [5, 5.41) is 8.10. The molecule has 1 aromatic rings. The Bertz CT molecular complexity index is 704. The zero-order valence-electron chi connectivity index (χ0n) is 18.0. The minimum Gasteiger partial charge on any atom is -0.434 e. The highest BCUT2D eigenvalue weighted by Gasteiger charge is 2.31. The molecule has 1 aromatic heterocycles. The molecule has 0 unspecified atom stereocenters. The van der Waals surface area contributed by atoms with Crippen LogP contribution in [0.3, 0.4) is 0 Å². The van der Waals surface area contributed by atoms with E-state index in [9.17, 15) is 4.79 Å². The molecule has 158 valence electrons. The third-order valence-electron chi connectivity index (χ3n) is 4.55. The molecule has 1 aliphatic carbocycles. The maximum Gasteiger partial charge on any atom is 0.508 e. The van der Waals surface area contributed by atoms with Gasteiger partial charge in [-0.05, 0) is 46.0 Å². The summed E-state index contributed by atoms with van der Waals surface area (Å²) in [5.41, 5.74) is -0.540. The van der Waals surface area contributed by atoms with Gasteiger partial charge >= 0.3 is 6.16 Å². The van der Waals surface area contributed by atoms with Crippen molar-refractivity contribution in [2.75, 3.05) is 24.3 Å². The van der Waals surface area contributed by atoms with E-state index >= 15 is 0 Å². The van der Waals surface area contributed by atoms with Crippen LogP contribution in [0.15, 0.2) is 0 Å². The van der Waals surface area contributed by atoms with Crippen molar-refractivity contribution < 1.29 is 14.3 Å². The van der Waals surface area contributed by atoms with Gasteiger partial charge in [-0.3, -0.25) is 0 Å². The second kappa shape index (κ2) is 8.86. The number of nitrogens with zero attached hydrogens (tertiary/aromatic N) is 2. The molecule has 0 spiro atoms. The number of hydrogen-bond acceptors (Lipinski definition) is 7. The summed E-state index contributed by atoms with van der Waals surface area (Å²) in [5.74, 6) is 1.64. The Hall–Kier alpha value is -1.54. The number of halogens is 1. The Morgan fingerprint density at radius 3 is 2.50 bits per heavy atom. The van der Waals surface area contributed by atoms with E-state index in [0.717, 1.165) is 30.3 Å². The third kappa shape index (κ3) is 6.51. The van der Waals surface area contributed by atoms with Crippen LogP contribution in [0.4, 0.5) is 16.6 Å². The fourth-order valence-corrected chi connectivity index (χ4v) is 5.86. The molecule has 1 saturated carbocycles. The number of anilines is 2. The Morgan fingerprint density at radius 2 is 1.93 bits per heavy atom. The van der Waals surface area contributed by atoms with Gasteiger partial charge in [-0.25, -0.2) is 9.78 Å². The van der Waals surface area contributed by atoms with Gasteiger partial charge in [-0.2, -0.15) is 4.98 Å². The minimum atomic E-state index is -1.73. The van der Waals surface area contributed by atoms with Gasteiger partial charge in [-0.1, -0.05) is 31.2 Å². The molecular weight excluding hydrogens is 396 g/mol. The average Bonchev–Trinajstić information content (AvgIpc) is 2.97. The Morgan fingerprint density at radius 1 is 1.25 bits per heavy atom. The van der Waals surface area contributed by atoms with Gasteiger partial charge in [0.1, 0.15) is 16.6 Å². The van der Waals surface area contributed by atoms with Crippen LogP contribution in [0.2, 0.25) is 24.8 Å². The highest BCUT2D eigenvalue weighted by atomic mass is 35.5. The van der Waals surface area contributed by atoms with Crippen molar-refractivity contribution >= 4 is 42.8 Å². The molecule has 0 aliphatic heterocycles. The zero-order valence-corrected chi connectivity index (χ0v) is 19.7. The molecular formula is C19H33ClN4O3Si. The lowest BCUT2D eigenvalue weighted by Gasteiger charge is -2.24. The Kier molecular flexibility index (Phi) is 7.20. The number of rotatable bonds is 6. The van der Waals surface area contributed by atoms with Crippen LogP contribution in [0.25, 0.3) is 0 Å². The predicted octanol–water partition coefficient (Wildman–Crippen LogP) is 4.25. The summed E-state index contributed by atoms with van der Waals surface area (Å²) in [6.45, 7) is 12.5. The lowest BCUT2D eigenvalue weighted by atomic mass is 10.1. The highest BCUT2D eigenvalue weighted by Crippen LogP contribution is 2.29. The molecule has 7 nitrogen and oxygen atoms in total. The van der Waals surface area contributed by atoms with Crippen LogP contribution in [0.5, 0.6) is 0 Å². The fourth-order valence-electron chi connectivity index (χ4n) is 3.33. The number of nitrogens with one attached hydrogen (secondary N) is 2. The monoisotopic (exact) mass is 428 g/mol. The van der Waals surface area contributed by atoms with Gasteiger partial charge in [0.2, 0.25) is 5.95 Å². The maximum absolute atomic E-state index is 11.8. The summed E-state index contributed by atoms with van der Waals surface area (Å²) in [7, 11) is 0.0478. The molecule has 0 saturated heterocycles. The van der Waals surface area contributed by atoms with Gasteiger partial charge in [0.25, 0.3) is 0 Å². The van der Waals surface area contributed by atoms with E-state index in [1.165, 1.54) is 0 Å². The zero-order chi connectivity index (χ0) is 21.1. The van der Waals surface area contributed by atoms with Gasteiger partial charge in [0.15, 0.2) is 0 Å². The number of aromatic nitrogens is 2. The molecule has 0 bridgehead atoms. The highest BCUT2D eigenvalue weighted by molar-refractivity contribution is 6.91. The van der Waals surface area contributed by atoms with E-state index in [1.807, 2.05) is 20.8 Å². The second-order valence-electron chi connectivity index (χ2n) is 9.36. The second-order valence-corrected chi connectivity index (χ2v) is 14.7. The Labute approximate surface area is 174 Å². The van der Waals surface area contributed by atoms with Crippen molar-refractivity contribution in [3.8, 4) is 0 Å². The molecule has 2 atom stereocenters. The molecule has 28 heavy (non-hydrogen) atoms. The molecule has 1 fully saturated rings. The number of carbonyl (C=O) groups excluding carboxylic acids is 1. The topological polar surface area (TPSA) is 85.4 Å². The summed E-state index contributed by atoms with van der Waals surface area (Å²) in [4.78, 5) is 20.7. The average molecular weight is 429 g/mol. The first-order valence-electron chi connectivity index (χ1n) is 9.77. The van der Waals surface area contributed by atoms with Gasteiger partial charge in [-0.15, -0.1) is 0 Å². The van der Waals surface area contributed by atoms with Crippen molar-refractivity contribution in [3.05, 3.63) is 5.15 Å². The van der Waals surface area contributed by atoms with Crippen LogP contribution in [0.1, 0.15) is 40.0 Å². The smallest absolute Gasteiger partial charge is 0.434 e.